The predicted octanol–water partition coefficient (Wildman–Crippen LogP) is 5.08. The van der Waals surface area contributed by atoms with E-state index in [0.717, 1.165) is 11.1 Å². The fourth-order valence-corrected chi connectivity index (χ4v) is 3.42. The van der Waals surface area contributed by atoms with E-state index >= 15 is 0 Å². The minimum absolute atomic E-state index is 0.194. The van der Waals surface area contributed by atoms with E-state index in [1.165, 1.54) is 37.6 Å². The Bertz CT molecular complexity index is 1140. The SMILES string of the molecule is CCC(=O)OC(C)C(c1ccc(F)cc1)c1ccc(F)cc1.COc1ccnc(C)c1OC(=O)NC=O. The van der Waals surface area contributed by atoms with Crippen molar-refractivity contribution < 1.29 is 37.4 Å². The first-order valence-electron chi connectivity index (χ1n) is 11.3. The molecule has 2 aromatic carbocycles. The monoisotopic (exact) mass is 514 g/mol. The van der Waals surface area contributed by atoms with Gasteiger partial charge in [-0.1, -0.05) is 31.2 Å². The fourth-order valence-electron chi connectivity index (χ4n) is 3.42. The molecule has 1 unspecified atom stereocenters. The standard InChI is InChI=1S/C18H18F2O2.C9H10N2O4/c1-3-17(21)22-12(2)18(13-4-8-15(19)9-5-13)14-6-10-16(20)11-7-14;1-6-8(15-9(13)11-5-12)7(14-2)3-4-10-6/h4-12,18H,3H2,1-2H3;3-5H,1-2H3,(H,11,12,13). The largest absolute Gasteiger partial charge is 0.493 e. The van der Waals surface area contributed by atoms with Crippen LogP contribution < -0.4 is 14.8 Å². The van der Waals surface area contributed by atoms with Crippen LogP contribution in [0.25, 0.3) is 0 Å². The lowest BCUT2D eigenvalue weighted by atomic mass is 9.87. The number of nitrogens with zero attached hydrogens (tertiary/aromatic N) is 1. The number of nitrogens with one attached hydrogen (secondary N) is 1. The summed E-state index contributed by atoms with van der Waals surface area (Å²) in [6.07, 6.45) is 0.728. The molecular formula is C27H28F2N2O6. The number of ether oxygens (including phenoxy) is 3. The summed E-state index contributed by atoms with van der Waals surface area (Å²) in [5.74, 6) is -0.680. The first-order valence-corrected chi connectivity index (χ1v) is 11.3. The zero-order valence-electron chi connectivity index (χ0n) is 20.9. The highest BCUT2D eigenvalue weighted by molar-refractivity contribution is 5.82. The molecule has 1 heterocycles. The van der Waals surface area contributed by atoms with Crippen LogP contribution in [-0.2, 0) is 14.3 Å². The van der Waals surface area contributed by atoms with Crippen molar-refractivity contribution in [1.29, 1.82) is 0 Å². The highest BCUT2D eigenvalue weighted by Crippen LogP contribution is 2.31. The smallest absolute Gasteiger partial charge is 0.419 e. The number of carbonyl (C=O) groups excluding carboxylic acids is 3. The third-order valence-corrected chi connectivity index (χ3v) is 5.17. The predicted molar refractivity (Wildman–Crippen MR) is 131 cm³/mol. The van der Waals surface area contributed by atoms with Gasteiger partial charge in [-0.05, 0) is 49.2 Å². The van der Waals surface area contributed by atoms with E-state index < -0.39 is 12.2 Å². The number of hydrogen-bond donors (Lipinski definition) is 1. The Balaban J connectivity index is 0.000000281. The zero-order chi connectivity index (χ0) is 27.4. The third-order valence-electron chi connectivity index (χ3n) is 5.17. The third kappa shape index (κ3) is 8.68. The summed E-state index contributed by atoms with van der Waals surface area (Å²) in [5.41, 5.74) is 2.12. The number of hydrogen-bond acceptors (Lipinski definition) is 7. The van der Waals surface area contributed by atoms with Crippen molar-refractivity contribution in [2.45, 2.75) is 39.2 Å². The average Bonchev–Trinajstić information content (AvgIpc) is 2.88. The molecule has 3 rings (SSSR count). The van der Waals surface area contributed by atoms with E-state index in [4.69, 9.17) is 14.2 Å². The molecule has 0 aliphatic carbocycles. The van der Waals surface area contributed by atoms with Crippen molar-refractivity contribution in [1.82, 2.24) is 10.3 Å². The van der Waals surface area contributed by atoms with Crippen molar-refractivity contribution in [3.05, 3.63) is 89.2 Å². The Kier molecular flexibility index (Phi) is 11.1. The van der Waals surface area contributed by atoms with Gasteiger partial charge in [-0.2, -0.15) is 0 Å². The number of methoxy groups -OCH3 is 1. The Morgan fingerprint density at radius 1 is 1.00 bits per heavy atom. The van der Waals surface area contributed by atoms with Gasteiger partial charge in [-0.3, -0.25) is 19.9 Å². The van der Waals surface area contributed by atoms with Crippen LogP contribution in [0.5, 0.6) is 11.5 Å². The lowest BCUT2D eigenvalue weighted by Gasteiger charge is -2.25. The molecular weight excluding hydrogens is 486 g/mol. The lowest BCUT2D eigenvalue weighted by molar-refractivity contribution is -0.148. The summed E-state index contributed by atoms with van der Waals surface area (Å²) in [4.78, 5) is 36.5. The maximum Gasteiger partial charge on any atom is 0.419 e. The molecule has 0 aliphatic heterocycles. The molecule has 196 valence electrons. The number of rotatable bonds is 8. The second-order valence-corrected chi connectivity index (χ2v) is 7.71. The van der Waals surface area contributed by atoms with Gasteiger partial charge in [0.05, 0.1) is 12.8 Å². The van der Waals surface area contributed by atoms with Crippen LogP contribution in [0.4, 0.5) is 13.6 Å². The normalized spacial score (nSPS) is 11.0. The number of halogens is 2. The van der Waals surface area contributed by atoms with E-state index in [1.54, 1.807) is 51.1 Å². The van der Waals surface area contributed by atoms with Gasteiger partial charge in [-0.15, -0.1) is 0 Å². The number of pyridine rings is 1. The lowest BCUT2D eigenvalue weighted by Crippen LogP contribution is -2.25. The molecule has 0 spiro atoms. The molecule has 1 atom stereocenters. The van der Waals surface area contributed by atoms with Crippen molar-refractivity contribution in [2.24, 2.45) is 0 Å². The molecule has 2 amide bonds. The number of amides is 2. The quantitative estimate of drug-likeness (QED) is 0.330. The molecule has 0 radical (unpaired) electrons. The minimum Gasteiger partial charge on any atom is -0.493 e. The molecule has 10 heteroatoms. The molecule has 3 aromatic rings. The number of carbonyl (C=O) groups is 3. The average molecular weight is 515 g/mol. The highest BCUT2D eigenvalue weighted by atomic mass is 19.1. The minimum atomic E-state index is -0.876. The molecule has 0 saturated carbocycles. The van der Waals surface area contributed by atoms with E-state index in [2.05, 4.69) is 4.98 Å². The maximum absolute atomic E-state index is 13.1. The number of esters is 1. The van der Waals surface area contributed by atoms with E-state index in [9.17, 15) is 23.2 Å². The number of benzene rings is 2. The summed E-state index contributed by atoms with van der Waals surface area (Å²) in [5, 5.41) is 1.85. The van der Waals surface area contributed by atoms with Crippen LogP contribution in [-0.4, -0.2) is 36.7 Å². The summed E-state index contributed by atoms with van der Waals surface area (Å²) in [6.45, 7) is 5.16. The fraction of sp³-hybridized carbons (Fsp3) is 0.259. The number of aryl methyl sites for hydroxylation is 1. The van der Waals surface area contributed by atoms with E-state index in [-0.39, 0.29) is 42.1 Å². The van der Waals surface area contributed by atoms with Crippen LogP contribution in [0.15, 0.2) is 60.8 Å². The number of aromatic nitrogens is 1. The van der Waals surface area contributed by atoms with Gasteiger partial charge in [0.1, 0.15) is 17.7 Å². The molecule has 1 N–H and O–H groups in total. The molecule has 0 saturated heterocycles. The first kappa shape index (κ1) is 28.9. The van der Waals surface area contributed by atoms with Crippen molar-refractivity contribution in [3.8, 4) is 11.5 Å². The summed E-state index contributed by atoms with van der Waals surface area (Å²) in [7, 11) is 1.44. The van der Waals surface area contributed by atoms with Crippen LogP contribution in [0.2, 0.25) is 0 Å². The molecule has 37 heavy (non-hydrogen) atoms. The molecule has 0 aliphatic rings. The Morgan fingerprint density at radius 3 is 2.00 bits per heavy atom. The van der Waals surface area contributed by atoms with Gasteiger partial charge in [0.15, 0.2) is 11.5 Å². The molecule has 0 bridgehead atoms. The van der Waals surface area contributed by atoms with Gasteiger partial charge in [0.25, 0.3) is 0 Å². The molecule has 8 nitrogen and oxygen atoms in total. The van der Waals surface area contributed by atoms with Crippen LogP contribution >= 0.6 is 0 Å². The van der Waals surface area contributed by atoms with Gasteiger partial charge >= 0.3 is 12.1 Å². The first-order chi connectivity index (χ1) is 17.7. The van der Waals surface area contributed by atoms with Gasteiger partial charge in [0.2, 0.25) is 6.41 Å². The molecule has 0 fully saturated rings. The summed E-state index contributed by atoms with van der Waals surface area (Å²) in [6, 6.07) is 13.6. The van der Waals surface area contributed by atoms with Gasteiger partial charge in [0, 0.05) is 24.6 Å². The Hall–Kier alpha value is -4.34. The van der Waals surface area contributed by atoms with Crippen LogP contribution in [0.1, 0.15) is 43.0 Å². The van der Waals surface area contributed by atoms with Crippen molar-refractivity contribution >= 4 is 18.5 Å². The Labute approximate surface area is 213 Å². The van der Waals surface area contributed by atoms with E-state index in [1.807, 2.05) is 5.32 Å². The van der Waals surface area contributed by atoms with Crippen LogP contribution in [0, 0.1) is 18.6 Å². The summed E-state index contributed by atoms with van der Waals surface area (Å²) < 4.78 is 41.5. The van der Waals surface area contributed by atoms with Gasteiger partial charge < -0.3 is 14.2 Å². The second kappa shape index (κ2) is 14.3. The van der Waals surface area contributed by atoms with E-state index in [0.29, 0.717) is 11.4 Å². The maximum atomic E-state index is 13.1. The molecule has 1 aromatic heterocycles. The number of imide groups is 1. The van der Waals surface area contributed by atoms with Gasteiger partial charge in [-0.25, -0.2) is 13.6 Å². The van der Waals surface area contributed by atoms with Crippen molar-refractivity contribution in [2.75, 3.05) is 7.11 Å². The Morgan fingerprint density at radius 2 is 1.54 bits per heavy atom. The topological polar surface area (TPSA) is 104 Å². The summed E-state index contributed by atoms with van der Waals surface area (Å²) >= 11 is 0. The highest BCUT2D eigenvalue weighted by Gasteiger charge is 2.24. The van der Waals surface area contributed by atoms with Crippen molar-refractivity contribution in [3.63, 3.8) is 0 Å². The van der Waals surface area contributed by atoms with Crippen LogP contribution in [0.3, 0.4) is 0 Å². The second-order valence-electron chi connectivity index (χ2n) is 7.71. The zero-order valence-corrected chi connectivity index (χ0v) is 20.9.